The van der Waals surface area contributed by atoms with E-state index in [1.807, 2.05) is 19.9 Å². The van der Waals surface area contributed by atoms with E-state index >= 15 is 0 Å². The molecule has 37 heavy (non-hydrogen) atoms. The fraction of sp³-hybridized carbons (Fsp3) is 0.633. The number of carboxylic acids is 1. The van der Waals surface area contributed by atoms with Crippen LogP contribution in [0.15, 0.2) is 30.3 Å². The normalized spacial score (nSPS) is 25.6. The maximum Gasteiger partial charge on any atom is 0.420 e. The molecule has 2 saturated carbocycles. The van der Waals surface area contributed by atoms with Gasteiger partial charge in [-0.05, 0) is 84.7 Å². The van der Waals surface area contributed by atoms with Gasteiger partial charge < -0.3 is 14.7 Å². The zero-order valence-electron chi connectivity index (χ0n) is 22.6. The third kappa shape index (κ3) is 5.70. The summed E-state index contributed by atoms with van der Waals surface area (Å²) in [6, 6.07) is 8.34. The molecule has 2 aromatic carbocycles. The molecule has 2 atom stereocenters. The second kappa shape index (κ2) is 10.4. The first-order valence-corrected chi connectivity index (χ1v) is 13.6. The second-order valence-corrected chi connectivity index (χ2v) is 12.2. The third-order valence-electron chi connectivity index (χ3n) is 8.67. The number of benzene rings is 2. The van der Waals surface area contributed by atoms with E-state index in [4.69, 9.17) is 4.74 Å². The van der Waals surface area contributed by atoms with Crippen LogP contribution >= 0.6 is 0 Å². The van der Waals surface area contributed by atoms with Gasteiger partial charge in [-0.3, -0.25) is 4.79 Å². The number of carbonyl (C=O) groups is 1. The number of rotatable bonds is 8. The molecule has 2 aromatic rings. The highest BCUT2D eigenvalue weighted by Gasteiger charge is 2.54. The van der Waals surface area contributed by atoms with Gasteiger partial charge in [0, 0.05) is 18.3 Å². The Labute approximate surface area is 218 Å². The van der Waals surface area contributed by atoms with Gasteiger partial charge in [0.25, 0.3) is 0 Å². The molecule has 204 valence electrons. The number of nitrogens with zero attached hydrogens (tertiary/aromatic N) is 1. The minimum absolute atomic E-state index is 0.00295. The summed E-state index contributed by atoms with van der Waals surface area (Å²) in [7, 11) is 0. The van der Waals surface area contributed by atoms with E-state index in [2.05, 4.69) is 25.7 Å². The fourth-order valence-corrected chi connectivity index (χ4v) is 6.11. The lowest BCUT2D eigenvalue weighted by atomic mass is 9.58. The Balaban J connectivity index is 1.69. The van der Waals surface area contributed by atoms with Crippen LogP contribution in [0, 0.1) is 23.2 Å². The second-order valence-electron chi connectivity index (χ2n) is 12.2. The number of ether oxygens (including phenoxy) is 1. The molecule has 0 heterocycles. The van der Waals surface area contributed by atoms with Crippen LogP contribution in [-0.4, -0.2) is 29.8 Å². The van der Waals surface area contributed by atoms with Crippen LogP contribution in [-0.2, 0) is 11.0 Å². The average molecular weight is 520 g/mol. The molecule has 4 nitrogen and oxygen atoms in total. The van der Waals surface area contributed by atoms with Crippen LogP contribution < -0.4 is 9.64 Å². The van der Waals surface area contributed by atoms with E-state index < -0.39 is 29.0 Å². The van der Waals surface area contributed by atoms with Crippen LogP contribution in [0.25, 0.3) is 10.8 Å². The van der Waals surface area contributed by atoms with Gasteiger partial charge >= 0.3 is 12.1 Å². The Bertz CT molecular complexity index is 1120. The Hall–Kier alpha value is -2.44. The van der Waals surface area contributed by atoms with Crippen LogP contribution in [0.3, 0.4) is 0 Å². The number of alkyl halides is 3. The van der Waals surface area contributed by atoms with E-state index in [1.165, 1.54) is 6.07 Å². The molecule has 0 aromatic heterocycles. The summed E-state index contributed by atoms with van der Waals surface area (Å²) in [4.78, 5) is 13.9. The minimum Gasteiger partial charge on any atom is -0.490 e. The lowest BCUT2D eigenvalue weighted by Gasteiger charge is -2.55. The van der Waals surface area contributed by atoms with Gasteiger partial charge in [0.1, 0.15) is 11.3 Å². The van der Waals surface area contributed by atoms with Gasteiger partial charge in [-0.2, -0.15) is 13.2 Å². The van der Waals surface area contributed by atoms with Gasteiger partial charge in [-0.15, -0.1) is 0 Å². The lowest BCUT2D eigenvalue weighted by Crippen LogP contribution is -2.61. The van der Waals surface area contributed by atoms with E-state index in [0.717, 1.165) is 44.3 Å². The molecule has 0 radical (unpaired) electrons. The Morgan fingerprint density at radius 2 is 1.81 bits per heavy atom. The maximum atomic E-state index is 14.3. The number of hydrogen-bond donors (Lipinski definition) is 1. The molecule has 4 rings (SSSR count). The molecule has 0 spiro atoms. The summed E-state index contributed by atoms with van der Waals surface area (Å²) in [6.07, 6.45) is 0.181. The number of carboxylic acid groups (broad SMARTS) is 1. The number of hydrogen-bond acceptors (Lipinski definition) is 3. The van der Waals surface area contributed by atoms with E-state index in [9.17, 15) is 23.1 Å². The largest absolute Gasteiger partial charge is 0.490 e. The Morgan fingerprint density at radius 1 is 1.14 bits per heavy atom. The zero-order chi connectivity index (χ0) is 27.1. The highest BCUT2D eigenvalue weighted by atomic mass is 19.4. The van der Waals surface area contributed by atoms with Crippen molar-refractivity contribution < 1.29 is 27.8 Å². The third-order valence-corrected chi connectivity index (χ3v) is 8.67. The molecule has 2 aliphatic rings. The average Bonchev–Trinajstić information content (AvgIpc) is 2.80. The summed E-state index contributed by atoms with van der Waals surface area (Å²) in [5.74, 6) is -0.284. The molecule has 2 aliphatic carbocycles. The van der Waals surface area contributed by atoms with Crippen molar-refractivity contribution in [1.82, 2.24) is 0 Å². The van der Waals surface area contributed by atoms with Crippen molar-refractivity contribution in [2.75, 3.05) is 11.4 Å². The standard InChI is InChI=1S/C30H40F3NO3/c1-18(2)14-15-34(26-17-24(28(35)36)29(26,4)5)21-9-12-23-20(16-21)8-13-25(27(23)30(31,32)33)37-22-10-6-19(3)7-11-22/h8-9,12-13,16,18-19,22,24,26H,6-7,10-11,14-15,17H2,1-5H3,(H,35,36). The van der Waals surface area contributed by atoms with Crippen molar-refractivity contribution in [2.24, 2.45) is 23.2 Å². The summed E-state index contributed by atoms with van der Waals surface area (Å²) in [5, 5.41) is 10.3. The molecule has 1 N–H and O–H groups in total. The lowest BCUT2D eigenvalue weighted by molar-refractivity contribution is -0.154. The number of halogens is 3. The van der Waals surface area contributed by atoms with Gasteiger partial charge in [0.2, 0.25) is 0 Å². The van der Waals surface area contributed by atoms with E-state index in [0.29, 0.717) is 23.6 Å². The van der Waals surface area contributed by atoms with Gasteiger partial charge in [-0.1, -0.05) is 46.8 Å². The Morgan fingerprint density at radius 3 is 2.38 bits per heavy atom. The number of anilines is 1. The van der Waals surface area contributed by atoms with Gasteiger partial charge in [-0.25, -0.2) is 0 Å². The molecule has 2 fully saturated rings. The number of fused-ring (bicyclic) bond motifs is 1. The van der Waals surface area contributed by atoms with Crippen molar-refractivity contribution in [3.05, 3.63) is 35.9 Å². The topological polar surface area (TPSA) is 49.8 Å². The van der Waals surface area contributed by atoms with Crippen LogP contribution in [0.5, 0.6) is 5.75 Å². The van der Waals surface area contributed by atoms with Crippen molar-refractivity contribution in [1.29, 1.82) is 0 Å². The quantitative estimate of drug-likeness (QED) is 0.382. The predicted molar refractivity (Wildman–Crippen MR) is 141 cm³/mol. The SMILES string of the molecule is CC(C)CCN(c1ccc2c(C(F)(F)F)c(OC3CCC(C)CC3)ccc2c1)C1CC(C(=O)O)C1(C)C. The summed E-state index contributed by atoms with van der Waals surface area (Å²) in [6.45, 7) is 11.1. The van der Waals surface area contributed by atoms with Crippen LogP contribution in [0.2, 0.25) is 0 Å². The Kier molecular flexibility index (Phi) is 7.74. The molecule has 2 unspecified atom stereocenters. The van der Waals surface area contributed by atoms with Crippen LogP contribution in [0.4, 0.5) is 18.9 Å². The molecular formula is C30H40F3NO3. The van der Waals surface area contributed by atoms with Crippen LogP contribution in [0.1, 0.15) is 78.7 Å². The number of aliphatic carboxylic acids is 1. The first-order chi connectivity index (χ1) is 17.3. The molecule has 0 amide bonds. The van der Waals surface area contributed by atoms with Crippen molar-refractivity contribution >= 4 is 22.4 Å². The predicted octanol–water partition coefficient (Wildman–Crippen LogP) is 8.17. The molecule has 0 bridgehead atoms. The van der Waals surface area contributed by atoms with E-state index in [-0.39, 0.29) is 23.3 Å². The molecule has 0 aliphatic heterocycles. The first kappa shape index (κ1) is 27.6. The first-order valence-electron chi connectivity index (χ1n) is 13.6. The van der Waals surface area contributed by atoms with Gasteiger partial charge in [0.15, 0.2) is 0 Å². The zero-order valence-corrected chi connectivity index (χ0v) is 22.6. The van der Waals surface area contributed by atoms with Crippen molar-refractivity contribution in [3.8, 4) is 5.75 Å². The molecule has 0 saturated heterocycles. The smallest absolute Gasteiger partial charge is 0.420 e. The molecular weight excluding hydrogens is 479 g/mol. The highest BCUT2D eigenvalue weighted by Crippen LogP contribution is 2.51. The minimum atomic E-state index is -4.54. The van der Waals surface area contributed by atoms with E-state index in [1.54, 1.807) is 18.2 Å². The monoisotopic (exact) mass is 519 g/mol. The maximum absolute atomic E-state index is 14.3. The fourth-order valence-electron chi connectivity index (χ4n) is 6.11. The summed E-state index contributed by atoms with van der Waals surface area (Å²) >= 11 is 0. The van der Waals surface area contributed by atoms with Crippen molar-refractivity contribution in [2.45, 2.75) is 91.5 Å². The van der Waals surface area contributed by atoms with Gasteiger partial charge in [0.05, 0.1) is 12.0 Å². The van der Waals surface area contributed by atoms with Crippen molar-refractivity contribution in [3.63, 3.8) is 0 Å². The highest BCUT2D eigenvalue weighted by molar-refractivity contribution is 5.91. The summed E-state index contributed by atoms with van der Waals surface area (Å²) in [5.41, 5.74) is -0.318. The molecule has 7 heteroatoms. The summed E-state index contributed by atoms with van der Waals surface area (Å²) < 4.78 is 48.9.